The Labute approximate surface area is 167 Å². The molecule has 1 N–H and O–H groups in total. The third kappa shape index (κ3) is 3.28. The molecule has 4 nitrogen and oxygen atoms in total. The Morgan fingerprint density at radius 2 is 1.71 bits per heavy atom. The molecule has 5 heteroatoms. The SMILES string of the molecule is Cc1ccc(S(=O)(=O)c2c[nH+]c3ccccc3c2N2CCC(C)CC2)cc1C. The molecule has 146 valence electrons. The van der Waals surface area contributed by atoms with Crippen molar-refractivity contribution in [3.63, 3.8) is 0 Å². The van der Waals surface area contributed by atoms with Crippen LogP contribution in [0.15, 0.2) is 58.5 Å². The molecular weight excluding hydrogens is 368 g/mol. The minimum Gasteiger partial charge on any atom is -0.370 e. The first-order chi connectivity index (χ1) is 13.4. The molecule has 1 aliphatic heterocycles. The van der Waals surface area contributed by atoms with E-state index in [1.165, 1.54) is 0 Å². The van der Waals surface area contributed by atoms with E-state index in [9.17, 15) is 8.42 Å². The molecular formula is C23H27N2O2S+. The van der Waals surface area contributed by atoms with Crippen LogP contribution in [0.3, 0.4) is 0 Å². The summed E-state index contributed by atoms with van der Waals surface area (Å²) >= 11 is 0. The van der Waals surface area contributed by atoms with Crippen LogP contribution in [0.4, 0.5) is 5.69 Å². The van der Waals surface area contributed by atoms with Gasteiger partial charge < -0.3 is 4.90 Å². The van der Waals surface area contributed by atoms with Gasteiger partial charge >= 0.3 is 0 Å². The highest BCUT2D eigenvalue weighted by molar-refractivity contribution is 7.91. The first-order valence-corrected chi connectivity index (χ1v) is 11.4. The molecule has 0 radical (unpaired) electrons. The van der Waals surface area contributed by atoms with Crippen molar-refractivity contribution in [1.82, 2.24) is 0 Å². The van der Waals surface area contributed by atoms with Gasteiger partial charge in [0.2, 0.25) is 15.4 Å². The minimum absolute atomic E-state index is 0.353. The number of aryl methyl sites for hydroxylation is 2. The monoisotopic (exact) mass is 395 g/mol. The summed E-state index contributed by atoms with van der Waals surface area (Å²) in [6.45, 7) is 7.97. The summed E-state index contributed by atoms with van der Waals surface area (Å²) in [7, 11) is -3.64. The quantitative estimate of drug-likeness (QED) is 0.663. The van der Waals surface area contributed by atoms with E-state index in [0.29, 0.717) is 15.7 Å². The molecule has 3 aromatic rings. The number of aromatic amines is 1. The molecule has 0 bridgehead atoms. The number of aromatic nitrogens is 1. The first-order valence-electron chi connectivity index (χ1n) is 9.88. The molecule has 1 aliphatic rings. The number of rotatable bonds is 3. The van der Waals surface area contributed by atoms with Gasteiger partial charge in [0.25, 0.3) is 0 Å². The lowest BCUT2D eigenvalue weighted by Gasteiger charge is -2.33. The number of sulfone groups is 1. The zero-order chi connectivity index (χ0) is 19.9. The van der Waals surface area contributed by atoms with Gasteiger partial charge in [-0.25, -0.2) is 13.4 Å². The Bertz CT molecular complexity index is 1130. The maximum absolute atomic E-state index is 13.6. The van der Waals surface area contributed by atoms with Crippen molar-refractivity contribution in [3.8, 4) is 0 Å². The third-order valence-electron chi connectivity index (χ3n) is 5.95. The number of hydrogen-bond donors (Lipinski definition) is 0. The van der Waals surface area contributed by atoms with E-state index >= 15 is 0 Å². The van der Waals surface area contributed by atoms with E-state index < -0.39 is 9.84 Å². The minimum atomic E-state index is -3.64. The standard InChI is InChI=1S/C23H26N2O2S/c1-16-10-12-25(13-11-16)23-20-6-4-5-7-21(20)24-15-22(23)28(26,27)19-9-8-17(2)18(3)14-19/h4-9,14-16H,10-13H2,1-3H3/p+1. The Morgan fingerprint density at radius 1 is 1.00 bits per heavy atom. The fourth-order valence-corrected chi connectivity index (χ4v) is 5.47. The van der Waals surface area contributed by atoms with E-state index in [0.717, 1.165) is 53.6 Å². The maximum Gasteiger partial charge on any atom is 0.214 e. The average molecular weight is 396 g/mol. The van der Waals surface area contributed by atoms with Gasteiger partial charge in [-0.3, -0.25) is 0 Å². The molecule has 0 aliphatic carbocycles. The predicted molar refractivity (Wildman–Crippen MR) is 112 cm³/mol. The van der Waals surface area contributed by atoms with Gasteiger partial charge in [0, 0.05) is 19.2 Å². The van der Waals surface area contributed by atoms with Crippen LogP contribution in [-0.4, -0.2) is 21.5 Å². The summed E-state index contributed by atoms with van der Waals surface area (Å²) in [6, 6.07) is 13.3. The van der Waals surface area contributed by atoms with E-state index in [2.05, 4.69) is 16.8 Å². The molecule has 0 spiro atoms. The van der Waals surface area contributed by atoms with Crippen LogP contribution in [0.1, 0.15) is 30.9 Å². The van der Waals surface area contributed by atoms with Crippen LogP contribution in [0.5, 0.6) is 0 Å². The zero-order valence-corrected chi connectivity index (χ0v) is 17.5. The molecule has 1 aromatic heterocycles. The largest absolute Gasteiger partial charge is 0.370 e. The first kappa shape index (κ1) is 18.9. The van der Waals surface area contributed by atoms with E-state index in [1.54, 1.807) is 18.3 Å². The highest BCUT2D eigenvalue weighted by Gasteiger charge is 2.30. The molecule has 1 saturated heterocycles. The van der Waals surface area contributed by atoms with Crippen molar-refractivity contribution in [2.24, 2.45) is 5.92 Å². The highest BCUT2D eigenvalue weighted by Crippen LogP contribution is 2.36. The van der Waals surface area contributed by atoms with E-state index in [-0.39, 0.29) is 0 Å². The van der Waals surface area contributed by atoms with Crippen molar-refractivity contribution in [2.75, 3.05) is 18.0 Å². The smallest absolute Gasteiger partial charge is 0.214 e. The summed E-state index contributed by atoms with van der Waals surface area (Å²) in [5, 5.41) is 0.960. The Balaban J connectivity index is 1.93. The van der Waals surface area contributed by atoms with Gasteiger partial charge in [-0.2, -0.15) is 0 Å². The van der Waals surface area contributed by atoms with Gasteiger partial charge in [0.1, 0.15) is 0 Å². The van der Waals surface area contributed by atoms with Crippen LogP contribution in [0, 0.1) is 19.8 Å². The summed E-state index contributed by atoms with van der Waals surface area (Å²) in [5.41, 5.74) is 3.86. The fraction of sp³-hybridized carbons (Fsp3) is 0.348. The summed E-state index contributed by atoms with van der Waals surface area (Å²) < 4.78 is 27.2. The molecule has 0 atom stereocenters. The maximum atomic E-state index is 13.6. The lowest BCUT2D eigenvalue weighted by molar-refractivity contribution is -0.347. The van der Waals surface area contributed by atoms with Gasteiger partial charge in [-0.1, -0.05) is 25.1 Å². The number of hydrogen-bond acceptors (Lipinski definition) is 3. The average Bonchev–Trinajstić information content (AvgIpc) is 2.69. The van der Waals surface area contributed by atoms with Crippen LogP contribution in [-0.2, 0) is 9.84 Å². The fourth-order valence-electron chi connectivity index (χ4n) is 3.93. The van der Waals surface area contributed by atoms with Gasteiger partial charge in [-0.15, -0.1) is 0 Å². The van der Waals surface area contributed by atoms with Crippen molar-refractivity contribution < 1.29 is 13.4 Å². The Hall–Kier alpha value is -2.40. The molecule has 2 aromatic carbocycles. The predicted octanol–water partition coefficient (Wildman–Crippen LogP) is 4.34. The number of pyridine rings is 1. The lowest BCUT2D eigenvalue weighted by Crippen LogP contribution is -2.34. The summed E-state index contributed by atoms with van der Waals surface area (Å²) in [5.74, 6) is 0.678. The number of anilines is 1. The number of H-pyrrole nitrogens is 1. The molecule has 28 heavy (non-hydrogen) atoms. The summed E-state index contributed by atoms with van der Waals surface area (Å²) in [4.78, 5) is 6.18. The molecule has 0 saturated carbocycles. The van der Waals surface area contributed by atoms with Crippen LogP contribution in [0.2, 0.25) is 0 Å². The number of nitrogens with one attached hydrogen (secondary N) is 1. The molecule has 0 amide bonds. The zero-order valence-electron chi connectivity index (χ0n) is 16.7. The number of benzene rings is 2. The van der Waals surface area contributed by atoms with Gasteiger partial charge in [0.05, 0.1) is 16.0 Å². The Morgan fingerprint density at radius 3 is 2.43 bits per heavy atom. The third-order valence-corrected chi connectivity index (χ3v) is 7.72. The highest BCUT2D eigenvalue weighted by atomic mass is 32.2. The second kappa shape index (κ2) is 7.21. The van der Waals surface area contributed by atoms with Crippen LogP contribution in [0.25, 0.3) is 10.9 Å². The Kier molecular flexibility index (Phi) is 4.88. The number of fused-ring (bicyclic) bond motifs is 1. The van der Waals surface area contributed by atoms with Crippen molar-refractivity contribution in [2.45, 2.75) is 43.4 Å². The molecule has 4 rings (SSSR count). The lowest BCUT2D eigenvalue weighted by atomic mass is 9.98. The van der Waals surface area contributed by atoms with E-state index in [1.807, 2.05) is 44.2 Å². The number of piperidine rings is 1. The summed E-state index contributed by atoms with van der Waals surface area (Å²) in [6.07, 6.45) is 3.83. The normalized spacial score (nSPS) is 15.9. The second-order valence-corrected chi connectivity index (χ2v) is 9.88. The van der Waals surface area contributed by atoms with Crippen molar-refractivity contribution >= 4 is 26.4 Å². The molecule has 0 unspecified atom stereocenters. The van der Waals surface area contributed by atoms with Crippen molar-refractivity contribution in [1.29, 1.82) is 0 Å². The number of para-hydroxylation sites is 1. The topological polar surface area (TPSA) is 51.5 Å². The van der Waals surface area contributed by atoms with Crippen LogP contribution < -0.4 is 9.88 Å². The van der Waals surface area contributed by atoms with Crippen LogP contribution >= 0.6 is 0 Å². The van der Waals surface area contributed by atoms with Gasteiger partial charge in [-0.05, 0) is 61.9 Å². The van der Waals surface area contributed by atoms with Gasteiger partial charge in [0.15, 0.2) is 11.1 Å². The molecule has 2 heterocycles. The number of nitrogens with zero attached hydrogens (tertiary/aromatic N) is 1. The van der Waals surface area contributed by atoms with E-state index in [4.69, 9.17) is 0 Å². The molecule has 1 fully saturated rings. The second-order valence-electron chi connectivity index (χ2n) is 7.97. The van der Waals surface area contributed by atoms with Crippen molar-refractivity contribution in [3.05, 3.63) is 59.8 Å².